The fourth-order valence-corrected chi connectivity index (χ4v) is 4.36. The number of aromatic amines is 1. The van der Waals surface area contributed by atoms with Crippen LogP contribution in [0.15, 0.2) is 90.3 Å². The first-order valence-corrected chi connectivity index (χ1v) is 11.0. The van der Waals surface area contributed by atoms with Gasteiger partial charge in [0, 0.05) is 51.9 Å². The van der Waals surface area contributed by atoms with Gasteiger partial charge in [-0.15, -0.1) is 11.8 Å². The van der Waals surface area contributed by atoms with E-state index in [1.165, 1.54) is 11.8 Å². The number of carbonyl (C=O) groups excluding carboxylic acids is 1. The van der Waals surface area contributed by atoms with Crippen LogP contribution in [0.3, 0.4) is 0 Å². The van der Waals surface area contributed by atoms with Crippen molar-refractivity contribution < 1.29 is 14.7 Å². The molecule has 4 N–H and O–H groups in total. The normalized spacial score (nSPS) is 11.5. The van der Waals surface area contributed by atoms with Gasteiger partial charge in [-0.3, -0.25) is 14.6 Å². The average Bonchev–Trinajstić information content (AvgIpc) is 3.32. The number of aromatic nitrogens is 3. The molecule has 0 fully saturated rings. The minimum atomic E-state index is -0.885. The van der Waals surface area contributed by atoms with Gasteiger partial charge in [-0.1, -0.05) is 18.2 Å². The number of amides is 1. The lowest BCUT2D eigenvalue weighted by atomic mass is 10.1. The Kier molecular flexibility index (Phi) is 7.01. The zero-order valence-corrected chi connectivity index (χ0v) is 18.3. The zero-order chi connectivity index (χ0) is 23.0. The van der Waals surface area contributed by atoms with E-state index < -0.39 is 5.97 Å². The van der Waals surface area contributed by atoms with Crippen LogP contribution in [0.4, 0.5) is 17.3 Å². The second-order valence-corrected chi connectivity index (χ2v) is 8.39. The van der Waals surface area contributed by atoms with Gasteiger partial charge in [-0.2, -0.15) is 0 Å². The Balaban J connectivity index is 1.46. The third kappa shape index (κ3) is 6.20. The van der Waals surface area contributed by atoms with Gasteiger partial charge in [0.25, 0.3) is 5.91 Å². The topological polar surface area (TPSA) is 120 Å². The van der Waals surface area contributed by atoms with Gasteiger partial charge < -0.3 is 20.7 Å². The molecule has 33 heavy (non-hydrogen) atoms. The average molecular weight is 460 g/mol. The number of hydrogen-bond acceptors (Lipinski definition) is 6. The van der Waals surface area contributed by atoms with E-state index in [1.807, 2.05) is 30.3 Å². The van der Waals surface area contributed by atoms with Crippen molar-refractivity contribution in [3.8, 4) is 0 Å². The molecule has 0 aliphatic rings. The number of carboxylic acid groups (broad SMARTS) is 1. The molecule has 166 valence electrons. The molecule has 0 saturated heterocycles. The fourth-order valence-electron chi connectivity index (χ4n) is 3.18. The second-order valence-electron chi connectivity index (χ2n) is 7.12. The van der Waals surface area contributed by atoms with E-state index in [2.05, 4.69) is 25.6 Å². The summed E-state index contributed by atoms with van der Waals surface area (Å²) >= 11 is 1.42. The third-order valence-electron chi connectivity index (χ3n) is 4.67. The third-order valence-corrected chi connectivity index (χ3v) is 5.92. The molecular weight excluding hydrogens is 438 g/mol. The number of H-pyrrole nitrogens is 1. The van der Waals surface area contributed by atoms with Crippen molar-refractivity contribution in [2.75, 3.05) is 10.6 Å². The van der Waals surface area contributed by atoms with E-state index in [0.717, 1.165) is 16.1 Å². The molecular formula is C24H21N5O3S. The van der Waals surface area contributed by atoms with Gasteiger partial charge in [0.1, 0.15) is 0 Å². The van der Waals surface area contributed by atoms with Crippen molar-refractivity contribution in [2.45, 2.75) is 16.6 Å². The van der Waals surface area contributed by atoms with Crippen LogP contribution >= 0.6 is 11.8 Å². The van der Waals surface area contributed by atoms with Crippen LogP contribution in [0.2, 0.25) is 0 Å². The first kappa shape index (κ1) is 22.1. The predicted molar refractivity (Wildman–Crippen MR) is 128 cm³/mol. The number of thioether (sulfide) groups is 1. The highest BCUT2D eigenvalue weighted by molar-refractivity contribution is 7.99. The second kappa shape index (κ2) is 10.5. The molecule has 9 heteroatoms. The van der Waals surface area contributed by atoms with Crippen LogP contribution in [0, 0.1) is 0 Å². The SMILES string of the molecule is O=C(O)CC(Sc1cccc(NC(=O)c2cccc(Nc3ncc[nH]3)c2)c1)c1cccnc1. The number of imidazole rings is 1. The molecule has 1 unspecified atom stereocenters. The molecule has 4 rings (SSSR count). The molecule has 0 saturated carbocycles. The maximum absolute atomic E-state index is 12.8. The quantitative estimate of drug-likeness (QED) is 0.257. The lowest BCUT2D eigenvalue weighted by molar-refractivity contribution is -0.137. The number of benzene rings is 2. The summed E-state index contributed by atoms with van der Waals surface area (Å²) in [5.41, 5.74) is 2.67. The number of hydrogen-bond donors (Lipinski definition) is 4. The minimum absolute atomic E-state index is 0.0393. The Morgan fingerprint density at radius 1 is 1.03 bits per heavy atom. The maximum Gasteiger partial charge on any atom is 0.304 e. The van der Waals surface area contributed by atoms with E-state index in [0.29, 0.717) is 17.2 Å². The summed E-state index contributed by atoms with van der Waals surface area (Å²) in [5.74, 6) is -0.555. The molecule has 0 radical (unpaired) electrons. The summed E-state index contributed by atoms with van der Waals surface area (Å²) in [4.78, 5) is 36.2. The Hall–Kier alpha value is -4.11. The summed E-state index contributed by atoms with van der Waals surface area (Å²) in [6.07, 6.45) is 6.64. The molecule has 0 spiro atoms. The Bertz CT molecular complexity index is 1230. The van der Waals surface area contributed by atoms with Gasteiger partial charge in [-0.05, 0) is 48.0 Å². The minimum Gasteiger partial charge on any atom is -0.481 e. The Morgan fingerprint density at radius 3 is 2.64 bits per heavy atom. The van der Waals surface area contributed by atoms with Crippen LogP contribution in [0.5, 0.6) is 0 Å². The summed E-state index contributed by atoms with van der Waals surface area (Å²) < 4.78 is 0. The molecule has 2 aromatic heterocycles. The summed E-state index contributed by atoms with van der Waals surface area (Å²) in [6.45, 7) is 0. The van der Waals surface area contributed by atoms with E-state index in [4.69, 9.17) is 0 Å². The van der Waals surface area contributed by atoms with Crippen LogP contribution in [0.25, 0.3) is 0 Å². The number of aliphatic carboxylic acids is 1. The monoisotopic (exact) mass is 459 g/mol. The van der Waals surface area contributed by atoms with Crippen molar-refractivity contribution in [1.29, 1.82) is 0 Å². The predicted octanol–water partition coefficient (Wildman–Crippen LogP) is 5.11. The van der Waals surface area contributed by atoms with Crippen LogP contribution in [-0.2, 0) is 4.79 Å². The number of nitrogens with zero attached hydrogens (tertiary/aromatic N) is 2. The number of rotatable bonds is 9. The Labute approximate surface area is 194 Å². The van der Waals surface area contributed by atoms with Crippen molar-refractivity contribution >= 4 is 41.0 Å². The highest BCUT2D eigenvalue weighted by atomic mass is 32.2. The van der Waals surface area contributed by atoms with Crippen LogP contribution in [0.1, 0.15) is 27.6 Å². The lowest BCUT2D eigenvalue weighted by Gasteiger charge is -2.15. The van der Waals surface area contributed by atoms with Crippen LogP contribution in [-0.4, -0.2) is 31.9 Å². The zero-order valence-electron chi connectivity index (χ0n) is 17.4. The van der Waals surface area contributed by atoms with Gasteiger partial charge in [0.05, 0.1) is 6.42 Å². The maximum atomic E-state index is 12.8. The molecule has 0 aliphatic heterocycles. The Morgan fingerprint density at radius 2 is 1.88 bits per heavy atom. The summed E-state index contributed by atoms with van der Waals surface area (Å²) in [7, 11) is 0. The van der Waals surface area contributed by atoms with E-state index >= 15 is 0 Å². The first-order valence-electron chi connectivity index (χ1n) is 10.1. The van der Waals surface area contributed by atoms with Crippen molar-refractivity contribution in [3.63, 3.8) is 0 Å². The van der Waals surface area contributed by atoms with E-state index in [1.54, 1.807) is 55.1 Å². The smallest absolute Gasteiger partial charge is 0.304 e. The number of nitrogens with one attached hydrogen (secondary N) is 3. The molecule has 0 aliphatic carbocycles. The summed E-state index contributed by atoms with van der Waals surface area (Å²) in [5, 5.41) is 15.0. The molecule has 8 nitrogen and oxygen atoms in total. The molecule has 1 amide bonds. The number of carbonyl (C=O) groups is 2. The van der Waals surface area contributed by atoms with Crippen molar-refractivity contribution in [2.24, 2.45) is 0 Å². The molecule has 0 bridgehead atoms. The summed E-state index contributed by atoms with van der Waals surface area (Å²) in [6, 6.07) is 18.1. The highest BCUT2D eigenvalue weighted by Gasteiger charge is 2.18. The van der Waals surface area contributed by atoms with Crippen molar-refractivity contribution in [1.82, 2.24) is 15.0 Å². The highest BCUT2D eigenvalue weighted by Crippen LogP contribution is 2.38. The lowest BCUT2D eigenvalue weighted by Crippen LogP contribution is -2.12. The molecule has 2 heterocycles. The van der Waals surface area contributed by atoms with E-state index in [-0.39, 0.29) is 17.6 Å². The van der Waals surface area contributed by atoms with Gasteiger partial charge >= 0.3 is 5.97 Å². The number of pyridine rings is 1. The van der Waals surface area contributed by atoms with Crippen molar-refractivity contribution in [3.05, 3.63) is 96.6 Å². The first-order chi connectivity index (χ1) is 16.1. The molecule has 2 aromatic carbocycles. The van der Waals surface area contributed by atoms with Gasteiger partial charge in [0.2, 0.25) is 5.95 Å². The molecule has 4 aromatic rings. The standard InChI is InChI=1S/C24H21N5O3S/c30-22(31)14-21(17-5-3-9-25-15-17)33-20-8-2-7-19(13-20)28-23(32)16-4-1-6-18(12-16)29-24-26-10-11-27-24/h1-13,15,21H,14H2,(H,28,32)(H,30,31)(H2,26,27,29). The number of carboxylic acids is 1. The fraction of sp³-hybridized carbons (Fsp3) is 0.0833. The van der Waals surface area contributed by atoms with Gasteiger partial charge in [-0.25, -0.2) is 4.98 Å². The molecule has 1 atom stereocenters. The largest absolute Gasteiger partial charge is 0.481 e. The van der Waals surface area contributed by atoms with Gasteiger partial charge in [0.15, 0.2) is 0 Å². The van der Waals surface area contributed by atoms with E-state index in [9.17, 15) is 14.7 Å². The number of anilines is 3. The van der Waals surface area contributed by atoms with Crippen LogP contribution < -0.4 is 10.6 Å².